The number of aliphatic hydroxyl groups excluding tert-OH is 1. The first kappa shape index (κ1) is 44.3. The quantitative estimate of drug-likeness (QED) is 0.114. The topological polar surface area (TPSA) is 204 Å². The number of nitrogens with zero attached hydrogens (tertiary/aromatic N) is 6. The number of rotatable bonds is 17. The maximum Gasteiger partial charge on any atom is 0.407 e. The van der Waals surface area contributed by atoms with Crippen molar-refractivity contribution in [3.05, 3.63) is 105 Å². The van der Waals surface area contributed by atoms with Crippen molar-refractivity contribution in [2.45, 2.75) is 61.8 Å². The fourth-order valence-corrected chi connectivity index (χ4v) is 10.7. The van der Waals surface area contributed by atoms with Gasteiger partial charge in [-0.05, 0) is 114 Å². The maximum atomic E-state index is 15.4. The van der Waals surface area contributed by atoms with Crippen LogP contribution in [0.5, 0.6) is 17.2 Å². The summed E-state index contributed by atoms with van der Waals surface area (Å²) in [6.07, 6.45) is -3.09. The Morgan fingerprint density at radius 3 is 1.72 bits per heavy atom. The van der Waals surface area contributed by atoms with Crippen LogP contribution in [0.3, 0.4) is 0 Å². The number of tetrazole rings is 1. The number of ether oxygens (including phenoxy) is 3. The van der Waals surface area contributed by atoms with E-state index < -0.39 is 59.7 Å². The molecule has 0 radical (unpaired) electrons. The minimum atomic E-state index is -4.83. The maximum absolute atomic E-state index is 15.4. The summed E-state index contributed by atoms with van der Waals surface area (Å²) < 4.78 is 77.1. The largest absolute Gasteiger partial charge is 0.497 e. The number of aromatic nitrogens is 4. The number of sulfone groups is 1. The molecule has 2 N–H and O–H groups in total. The average Bonchev–Trinajstić information content (AvgIpc) is 3.64. The Morgan fingerprint density at radius 2 is 1.28 bits per heavy atom. The normalized spacial score (nSPS) is 12.6. The van der Waals surface area contributed by atoms with Gasteiger partial charge in [0.2, 0.25) is 15.8 Å². The Balaban J connectivity index is 1.68. The van der Waals surface area contributed by atoms with Gasteiger partial charge in [0.05, 0.1) is 56.7 Å². The van der Waals surface area contributed by atoms with Crippen molar-refractivity contribution < 1.29 is 46.1 Å². The van der Waals surface area contributed by atoms with Crippen molar-refractivity contribution in [1.29, 1.82) is 0 Å². The van der Waals surface area contributed by atoms with E-state index in [9.17, 15) is 23.4 Å². The van der Waals surface area contributed by atoms with Gasteiger partial charge in [0.15, 0.2) is 9.84 Å². The highest BCUT2D eigenvalue weighted by molar-refractivity contribution is 14.1. The Hall–Kier alpha value is -4.83. The summed E-state index contributed by atoms with van der Waals surface area (Å²) in [5, 5.41) is 33.9. The molecule has 1 aromatic heterocycles. The molecule has 19 heteroatoms. The van der Waals surface area contributed by atoms with Gasteiger partial charge in [-0.15, -0.1) is 10.2 Å². The summed E-state index contributed by atoms with van der Waals surface area (Å²) in [6.45, 7) is 4.02. The second kappa shape index (κ2) is 18.4. The Morgan fingerprint density at radius 1 is 0.793 bits per heavy atom. The summed E-state index contributed by atoms with van der Waals surface area (Å²) >= 11 is 1.90. The van der Waals surface area contributed by atoms with Crippen molar-refractivity contribution in [1.82, 2.24) is 29.4 Å². The molecule has 0 saturated carbocycles. The van der Waals surface area contributed by atoms with Gasteiger partial charge in [-0.3, -0.25) is 0 Å². The van der Waals surface area contributed by atoms with E-state index >= 15 is 8.42 Å². The molecule has 0 fully saturated rings. The molecular formula is C39H45IN6O10S2. The highest BCUT2D eigenvalue weighted by Crippen LogP contribution is 2.38. The molecule has 0 aliphatic rings. The number of carbonyl (C=O) groups is 1. The molecule has 0 aliphatic heterocycles. The molecule has 0 bridgehead atoms. The van der Waals surface area contributed by atoms with Crippen LogP contribution in [0, 0.1) is 3.57 Å². The summed E-state index contributed by atoms with van der Waals surface area (Å²) in [7, 11) is -4.95. The molecular weight excluding hydrogens is 903 g/mol. The summed E-state index contributed by atoms with van der Waals surface area (Å²) in [6, 6.07) is 23.3. The van der Waals surface area contributed by atoms with Gasteiger partial charge < -0.3 is 29.3 Å². The average molecular weight is 949 g/mol. The third-order valence-corrected chi connectivity index (χ3v) is 13.8. The summed E-state index contributed by atoms with van der Waals surface area (Å²) in [5.41, 5.74) is 0.837. The van der Waals surface area contributed by atoms with Crippen molar-refractivity contribution >= 4 is 48.5 Å². The van der Waals surface area contributed by atoms with Crippen LogP contribution in [-0.2, 0) is 39.5 Å². The van der Waals surface area contributed by atoms with E-state index in [0.717, 1.165) is 14.8 Å². The molecule has 310 valence electrons. The smallest absolute Gasteiger partial charge is 0.407 e. The molecule has 0 spiro atoms. The number of halogens is 1. The van der Waals surface area contributed by atoms with Gasteiger partial charge in [-0.25, -0.2) is 21.6 Å². The van der Waals surface area contributed by atoms with E-state index in [1.165, 1.54) is 31.1 Å². The molecule has 0 aliphatic carbocycles. The second-order valence-corrected chi connectivity index (χ2v) is 19.2. The number of carboxylic acid groups (broad SMARTS) is 1. The number of benzene rings is 4. The number of sulfonamides is 1. The molecule has 1 amide bonds. The molecule has 0 saturated heterocycles. The first-order chi connectivity index (χ1) is 27.4. The van der Waals surface area contributed by atoms with Crippen molar-refractivity contribution in [3.8, 4) is 28.6 Å². The molecule has 5 rings (SSSR count). The molecule has 1 heterocycles. The van der Waals surface area contributed by atoms with Crippen LogP contribution >= 0.6 is 22.6 Å². The number of aliphatic hydroxyl groups is 1. The van der Waals surface area contributed by atoms with Gasteiger partial charge in [-0.1, -0.05) is 36.4 Å². The molecule has 5 aromatic rings. The molecule has 16 nitrogen and oxygen atoms in total. The minimum Gasteiger partial charge on any atom is -0.497 e. The Labute approximate surface area is 351 Å². The highest BCUT2D eigenvalue weighted by Gasteiger charge is 2.39. The van der Waals surface area contributed by atoms with Crippen molar-refractivity contribution in [2.75, 3.05) is 33.6 Å². The summed E-state index contributed by atoms with van der Waals surface area (Å²) in [5.74, 6) is 0.595. The number of amides is 1. The van der Waals surface area contributed by atoms with Crippen LogP contribution in [0.2, 0.25) is 0 Å². The van der Waals surface area contributed by atoms with E-state index in [1.807, 2.05) is 22.6 Å². The lowest BCUT2D eigenvalue weighted by atomic mass is 10.1. The van der Waals surface area contributed by atoms with Crippen LogP contribution in [0.25, 0.3) is 11.4 Å². The van der Waals surface area contributed by atoms with Crippen LogP contribution < -0.4 is 14.2 Å². The number of hydrogen-bond donors (Lipinski definition) is 2. The van der Waals surface area contributed by atoms with Gasteiger partial charge >= 0.3 is 6.09 Å². The van der Waals surface area contributed by atoms with Gasteiger partial charge in [0.25, 0.3) is 0 Å². The first-order valence-corrected chi connectivity index (χ1v) is 21.9. The lowest BCUT2D eigenvalue weighted by Crippen LogP contribution is -2.49. The molecule has 4 aromatic carbocycles. The zero-order valence-electron chi connectivity index (χ0n) is 32.7. The van der Waals surface area contributed by atoms with Crippen LogP contribution in [-0.4, -0.2) is 108 Å². The fraction of sp³-hybridized carbons (Fsp3) is 0.333. The van der Waals surface area contributed by atoms with E-state index in [-0.39, 0.29) is 31.0 Å². The lowest BCUT2D eigenvalue weighted by molar-refractivity contribution is 0.0630. The van der Waals surface area contributed by atoms with Crippen LogP contribution in [0.15, 0.2) is 94.7 Å². The van der Waals surface area contributed by atoms with Crippen molar-refractivity contribution in [3.63, 3.8) is 0 Å². The number of hydrogen-bond acceptors (Lipinski definition) is 12. The third kappa shape index (κ3) is 10.6. The van der Waals surface area contributed by atoms with Gasteiger partial charge in [0, 0.05) is 22.2 Å². The molecule has 58 heavy (non-hydrogen) atoms. The fourth-order valence-electron chi connectivity index (χ4n) is 6.02. The zero-order chi connectivity index (χ0) is 42.4. The zero-order valence-corrected chi connectivity index (χ0v) is 36.5. The minimum absolute atomic E-state index is 0.117. The van der Waals surface area contributed by atoms with Crippen LogP contribution in [0.1, 0.15) is 37.5 Å². The monoisotopic (exact) mass is 948 g/mol. The van der Waals surface area contributed by atoms with E-state index in [0.29, 0.717) is 31.9 Å². The molecule has 1 atom stereocenters. The Kier molecular flexibility index (Phi) is 14.0. The number of methoxy groups -OCH3 is 3. The summed E-state index contributed by atoms with van der Waals surface area (Å²) in [4.78, 5) is 13.0. The van der Waals surface area contributed by atoms with E-state index in [1.54, 1.807) is 101 Å². The molecule has 1 unspecified atom stereocenters. The predicted octanol–water partition coefficient (Wildman–Crippen LogP) is 5.32. The second-order valence-electron chi connectivity index (χ2n) is 14.2. The SMILES string of the molecule is COc1ccc(CN(Cc2ccc(OC)cc2)S(=O)(=O)c2c(S(=O)(=O)CC(O)CN(C(=O)O)C(C)(C)C)ccc(I)c2-c2nnn(Cc3ccc(OC)cc3)n2)cc1. The predicted molar refractivity (Wildman–Crippen MR) is 223 cm³/mol. The highest BCUT2D eigenvalue weighted by atomic mass is 127. The van der Waals surface area contributed by atoms with Gasteiger partial charge in [-0.2, -0.15) is 9.10 Å². The van der Waals surface area contributed by atoms with Gasteiger partial charge in [0.1, 0.15) is 22.1 Å². The Bertz CT molecular complexity index is 2370. The lowest BCUT2D eigenvalue weighted by Gasteiger charge is -2.34. The number of β-amino-alcohol motifs (C(OH)–C–C–N with tert-alkyl or cyclic N) is 1. The van der Waals surface area contributed by atoms with Crippen LogP contribution in [0.4, 0.5) is 4.79 Å². The standard InChI is InChI=1S/C39H45IN6O10S2/c1-39(2,3)45(38(48)49)24-29(47)25-57(50,51)34-20-19-33(40)35(37-41-43-46(42-37)23-28-11-17-32(56-6)18-12-28)36(34)58(52,53)44(21-26-7-13-30(54-4)14-8-26)22-27-9-15-31(55-5)16-10-27/h7-20,29,47H,21-25H2,1-6H3,(H,48,49). The third-order valence-electron chi connectivity index (χ3n) is 9.04. The first-order valence-electron chi connectivity index (χ1n) is 17.8. The van der Waals surface area contributed by atoms with Crippen molar-refractivity contribution in [2.24, 2.45) is 0 Å². The van der Waals surface area contributed by atoms with E-state index in [4.69, 9.17) is 14.2 Å². The van der Waals surface area contributed by atoms with E-state index in [2.05, 4.69) is 15.4 Å².